The van der Waals surface area contributed by atoms with E-state index in [9.17, 15) is 15.3 Å². The zero-order valence-corrected chi connectivity index (χ0v) is 14.4. The number of rotatable bonds is 5. The van der Waals surface area contributed by atoms with Crippen LogP contribution >= 0.6 is 23.2 Å². The average Bonchev–Trinajstić information content (AvgIpc) is 2.62. The first-order valence-electron chi connectivity index (χ1n) is 7.14. The third kappa shape index (κ3) is 4.16. The molecule has 0 radical (unpaired) electrons. The fourth-order valence-electron chi connectivity index (χ4n) is 2.32. The molecule has 0 aliphatic heterocycles. The van der Waals surface area contributed by atoms with Crippen LogP contribution in [0.3, 0.4) is 0 Å². The first-order chi connectivity index (χ1) is 12.0. The number of ketones is 1. The molecule has 2 N–H and O–H groups in total. The Balaban J connectivity index is 2.39. The summed E-state index contributed by atoms with van der Waals surface area (Å²) in [6.45, 7) is 0. The van der Waals surface area contributed by atoms with E-state index in [1.807, 2.05) is 12.1 Å². The molecule has 124 valence electrons. The number of hydrogen-bond acceptors (Lipinski definition) is 5. The molecule has 0 saturated carbocycles. The SMILES string of the molecule is N#CC(C(=O)/C(=N/N)C(C#N)c1ccc(Cl)cc1)c1ccc(Cl)cc1. The number of nitriles is 2. The maximum Gasteiger partial charge on any atom is 0.202 e. The van der Waals surface area contributed by atoms with E-state index in [4.69, 9.17) is 29.0 Å². The largest absolute Gasteiger partial charge is 0.323 e. The number of hydrogen-bond donors (Lipinski definition) is 1. The second kappa shape index (κ2) is 8.30. The molecule has 2 atom stereocenters. The van der Waals surface area contributed by atoms with E-state index >= 15 is 0 Å². The lowest BCUT2D eigenvalue weighted by atomic mass is 9.86. The topological polar surface area (TPSA) is 103 Å². The van der Waals surface area contributed by atoms with E-state index in [1.165, 1.54) is 0 Å². The minimum absolute atomic E-state index is 0.189. The lowest BCUT2D eigenvalue weighted by Gasteiger charge is -2.14. The van der Waals surface area contributed by atoms with Crippen LogP contribution in [0.4, 0.5) is 0 Å². The molecule has 2 aromatic rings. The Morgan fingerprint density at radius 1 is 0.880 bits per heavy atom. The van der Waals surface area contributed by atoms with Gasteiger partial charge in [0.05, 0.1) is 12.1 Å². The number of benzene rings is 2. The van der Waals surface area contributed by atoms with Gasteiger partial charge in [0, 0.05) is 10.0 Å². The van der Waals surface area contributed by atoms with E-state index in [-0.39, 0.29) is 5.71 Å². The molecule has 25 heavy (non-hydrogen) atoms. The normalized spacial score (nSPS) is 13.4. The van der Waals surface area contributed by atoms with Crippen LogP contribution in [-0.2, 0) is 4.79 Å². The predicted octanol–water partition coefficient (Wildman–Crippen LogP) is 3.79. The molecular weight excluding hydrogens is 359 g/mol. The Hall–Kier alpha value is -2.86. The van der Waals surface area contributed by atoms with E-state index in [1.54, 1.807) is 48.5 Å². The number of carbonyl (C=O) groups is 1. The summed E-state index contributed by atoms with van der Waals surface area (Å²) in [6, 6.07) is 16.7. The molecule has 0 saturated heterocycles. The van der Waals surface area contributed by atoms with Crippen molar-refractivity contribution in [3.63, 3.8) is 0 Å². The highest BCUT2D eigenvalue weighted by atomic mass is 35.5. The summed E-state index contributed by atoms with van der Waals surface area (Å²) >= 11 is 11.7. The summed E-state index contributed by atoms with van der Waals surface area (Å²) in [6.07, 6.45) is 0. The van der Waals surface area contributed by atoms with Crippen molar-refractivity contribution in [1.82, 2.24) is 0 Å². The van der Waals surface area contributed by atoms with Crippen LogP contribution in [0.5, 0.6) is 0 Å². The van der Waals surface area contributed by atoms with Crippen molar-refractivity contribution in [3.05, 3.63) is 69.7 Å². The van der Waals surface area contributed by atoms with Gasteiger partial charge in [0.25, 0.3) is 0 Å². The molecular formula is C18H12Cl2N4O. The molecule has 0 fully saturated rings. The molecule has 2 rings (SSSR count). The Kier molecular flexibility index (Phi) is 6.14. The number of Topliss-reactive ketones (excluding diaryl/α,β-unsaturated/α-hetero) is 1. The number of halogens is 2. The minimum Gasteiger partial charge on any atom is -0.323 e. The van der Waals surface area contributed by atoms with Crippen LogP contribution in [0.15, 0.2) is 53.6 Å². The van der Waals surface area contributed by atoms with Crippen molar-refractivity contribution in [2.24, 2.45) is 10.9 Å². The van der Waals surface area contributed by atoms with Gasteiger partial charge in [-0.3, -0.25) is 4.79 Å². The molecule has 2 unspecified atom stereocenters. The molecule has 0 amide bonds. The summed E-state index contributed by atoms with van der Waals surface area (Å²) in [5, 5.41) is 23.4. The van der Waals surface area contributed by atoms with Crippen LogP contribution in [0.1, 0.15) is 23.0 Å². The number of nitrogens with two attached hydrogens (primary N) is 1. The maximum absolute atomic E-state index is 12.8. The quantitative estimate of drug-likeness (QED) is 0.491. The summed E-state index contributed by atoms with van der Waals surface area (Å²) in [5.74, 6) is 2.60. The molecule has 0 aliphatic rings. The summed E-state index contributed by atoms with van der Waals surface area (Å²) in [4.78, 5) is 12.8. The predicted molar refractivity (Wildman–Crippen MR) is 96.2 cm³/mol. The Morgan fingerprint density at radius 3 is 1.64 bits per heavy atom. The summed E-state index contributed by atoms with van der Waals surface area (Å²) in [5.41, 5.74) is 0.773. The smallest absolute Gasteiger partial charge is 0.202 e. The molecule has 0 bridgehead atoms. The lowest BCUT2D eigenvalue weighted by Crippen LogP contribution is -2.28. The second-order valence-electron chi connectivity index (χ2n) is 5.11. The van der Waals surface area contributed by atoms with Gasteiger partial charge in [-0.2, -0.15) is 15.6 Å². The molecule has 0 aliphatic carbocycles. The van der Waals surface area contributed by atoms with Gasteiger partial charge in [-0.25, -0.2) is 0 Å². The second-order valence-corrected chi connectivity index (χ2v) is 5.98. The van der Waals surface area contributed by atoms with Crippen LogP contribution in [0.2, 0.25) is 10.0 Å². The zero-order valence-electron chi connectivity index (χ0n) is 12.9. The van der Waals surface area contributed by atoms with E-state index < -0.39 is 17.6 Å². The lowest BCUT2D eigenvalue weighted by molar-refractivity contribution is -0.113. The first-order valence-corrected chi connectivity index (χ1v) is 7.89. The molecule has 0 spiro atoms. The molecule has 2 aromatic carbocycles. The molecule has 7 heteroatoms. The van der Waals surface area contributed by atoms with Gasteiger partial charge in [-0.1, -0.05) is 47.5 Å². The number of nitrogens with zero attached hydrogens (tertiary/aromatic N) is 3. The third-order valence-corrected chi connectivity index (χ3v) is 4.10. The number of carbonyl (C=O) groups excluding carboxylic acids is 1. The van der Waals surface area contributed by atoms with Crippen molar-refractivity contribution in [1.29, 1.82) is 10.5 Å². The highest BCUT2D eigenvalue weighted by molar-refractivity contribution is 6.44. The molecule has 0 heterocycles. The van der Waals surface area contributed by atoms with Crippen LogP contribution in [0, 0.1) is 22.7 Å². The highest BCUT2D eigenvalue weighted by Gasteiger charge is 2.31. The van der Waals surface area contributed by atoms with Crippen LogP contribution < -0.4 is 5.84 Å². The van der Waals surface area contributed by atoms with Gasteiger partial charge in [0.2, 0.25) is 5.78 Å². The zero-order chi connectivity index (χ0) is 18.4. The fraction of sp³-hybridized carbons (Fsp3) is 0.111. The standard InChI is InChI=1S/C18H12Cl2N4O/c19-13-5-1-11(2-6-13)15(9-21)17(24-23)18(25)16(10-22)12-3-7-14(20)8-4-12/h1-8,15-16H,23H2/b24-17+. The van der Waals surface area contributed by atoms with Crippen molar-refractivity contribution in [2.45, 2.75) is 11.8 Å². The Labute approximate surface area is 154 Å². The molecule has 5 nitrogen and oxygen atoms in total. The third-order valence-electron chi connectivity index (χ3n) is 3.59. The Morgan fingerprint density at radius 2 is 1.28 bits per heavy atom. The van der Waals surface area contributed by atoms with E-state index in [0.717, 1.165) is 0 Å². The number of hydrazone groups is 1. The van der Waals surface area contributed by atoms with Gasteiger partial charge >= 0.3 is 0 Å². The van der Waals surface area contributed by atoms with Gasteiger partial charge in [0.15, 0.2) is 0 Å². The maximum atomic E-state index is 12.8. The fourth-order valence-corrected chi connectivity index (χ4v) is 2.57. The van der Waals surface area contributed by atoms with E-state index in [2.05, 4.69) is 5.10 Å². The van der Waals surface area contributed by atoms with Gasteiger partial charge in [0.1, 0.15) is 17.5 Å². The summed E-state index contributed by atoms with van der Waals surface area (Å²) < 4.78 is 0. The van der Waals surface area contributed by atoms with E-state index in [0.29, 0.717) is 21.2 Å². The minimum atomic E-state index is -1.14. The van der Waals surface area contributed by atoms with Crippen molar-refractivity contribution in [3.8, 4) is 12.1 Å². The highest BCUT2D eigenvalue weighted by Crippen LogP contribution is 2.25. The molecule has 0 aromatic heterocycles. The van der Waals surface area contributed by atoms with Gasteiger partial charge < -0.3 is 5.84 Å². The van der Waals surface area contributed by atoms with Crippen molar-refractivity contribution >= 4 is 34.7 Å². The van der Waals surface area contributed by atoms with Crippen LogP contribution in [-0.4, -0.2) is 11.5 Å². The average molecular weight is 371 g/mol. The van der Waals surface area contributed by atoms with Crippen molar-refractivity contribution < 1.29 is 4.79 Å². The Bertz CT molecular complexity index is 877. The first kappa shape index (κ1) is 18.5. The van der Waals surface area contributed by atoms with Gasteiger partial charge in [-0.05, 0) is 35.4 Å². The monoisotopic (exact) mass is 370 g/mol. The van der Waals surface area contributed by atoms with Crippen LogP contribution in [0.25, 0.3) is 0 Å². The van der Waals surface area contributed by atoms with Crippen molar-refractivity contribution in [2.75, 3.05) is 0 Å². The van der Waals surface area contributed by atoms with Gasteiger partial charge in [-0.15, -0.1) is 0 Å². The summed E-state index contributed by atoms with van der Waals surface area (Å²) in [7, 11) is 0.